The van der Waals surface area contributed by atoms with Gasteiger partial charge in [-0.1, -0.05) is 12.1 Å². The average molecular weight is 294 g/mol. The smallest absolute Gasteiger partial charge is 0.280 e. The molecule has 0 aliphatic heterocycles. The molecule has 0 amide bonds. The summed E-state index contributed by atoms with van der Waals surface area (Å²) in [5.41, 5.74) is 1.34. The molecule has 0 unspecified atom stereocenters. The van der Waals surface area contributed by atoms with Crippen LogP contribution in [0.15, 0.2) is 36.4 Å². The highest BCUT2D eigenvalue weighted by Crippen LogP contribution is 2.27. The summed E-state index contributed by atoms with van der Waals surface area (Å²) in [7, 11) is 3.35. The Morgan fingerprint density at radius 2 is 1.95 bits per heavy atom. The highest BCUT2D eigenvalue weighted by atomic mass is 19.3. The third kappa shape index (κ3) is 3.59. The zero-order valence-electron chi connectivity index (χ0n) is 11.8. The highest BCUT2D eigenvalue weighted by Gasteiger charge is 2.12. The minimum absolute atomic E-state index is 0.153. The number of nitrogens with one attached hydrogen (secondary N) is 1. The monoisotopic (exact) mass is 294 g/mol. The minimum atomic E-state index is -2.62. The van der Waals surface area contributed by atoms with Gasteiger partial charge in [0.05, 0.1) is 12.7 Å². The molecule has 1 heterocycles. The van der Waals surface area contributed by atoms with Gasteiger partial charge in [-0.3, -0.25) is 0 Å². The fourth-order valence-electron chi connectivity index (χ4n) is 1.92. The van der Waals surface area contributed by atoms with Gasteiger partial charge in [-0.15, -0.1) is 0 Å². The van der Waals surface area contributed by atoms with Gasteiger partial charge in [0.25, 0.3) is 6.43 Å². The van der Waals surface area contributed by atoms with Gasteiger partial charge in [-0.25, -0.2) is 13.8 Å². The normalized spacial score (nSPS) is 10.5. The maximum absolute atomic E-state index is 12.6. The number of alkyl halides is 2. The lowest BCUT2D eigenvalue weighted by molar-refractivity contribution is 0.144. The Morgan fingerprint density at radius 1 is 1.19 bits per heavy atom. The van der Waals surface area contributed by atoms with Crippen molar-refractivity contribution < 1.29 is 18.3 Å². The number of benzene rings is 1. The van der Waals surface area contributed by atoms with Crippen LogP contribution in [0, 0.1) is 0 Å². The summed E-state index contributed by atoms with van der Waals surface area (Å²) in [6.45, 7) is 0.167. The van der Waals surface area contributed by atoms with E-state index in [0.29, 0.717) is 5.75 Å². The molecule has 0 bridgehead atoms. The summed E-state index contributed by atoms with van der Waals surface area (Å²) in [5, 5.41) is 3.04. The Bertz CT molecular complexity index is 584. The van der Waals surface area contributed by atoms with E-state index >= 15 is 0 Å². The zero-order valence-corrected chi connectivity index (χ0v) is 11.8. The van der Waals surface area contributed by atoms with Crippen LogP contribution in [0.1, 0.15) is 17.7 Å². The van der Waals surface area contributed by atoms with Crippen molar-refractivity contribution >= 4 is 5.69 Å². The molecule has 0 saturated carbocycles. The van der Waals surface area contributed by atoms with Crippen LogP contribution in [0.25, 0.3) is 0 Å². The van der Waals surface area contributed by atoms with Gasteiger partial charge in [0.15, 0.2) is 0 Å². The molecule has 2 rings (SSSR count). The standard InChI is InChI=1S/C15H16F2N2O2/c1-18-11-5-3-7-13(20-2)10(11)9-21-14-8-4-6-12(19-14)15(16)17/h3-8,15,18H,9H2,1-2H3. The van der Waals surface area contributed by atoms with E-state index < -0.39 is 6.43 Å². The number of pyridine rings is 1. The molecule has 21 heavy (non-hydrogen) atoms. The molecule has 0 saturated heterocycles. The molecule has 1 aromatic carbocycles. The molecule has 112 valence electrons. The first-order valence-electron chi connectivity index (χ1n) is 6.37. The predicted octanol–water partition coefficient (Wildman–Crippen LogP) is 3.65. The van der Waals surface area contributed by atoms with Crippen LogP contribution < -0.4 is 14.8 Å². The topological polar surface area (TPSA) is 43.4 Å². The second-order valence-corrected chi connectivity index (χ2v) is 4.23. The van der Waals surface area contributed by atoms with Crippen molar-refractivity contribution in [1.82, 2.24) is 4.98 Å². The molecule has 0 aliphatic rings. The lowest BCUT2D eigenvalue weighted by atomic mass is 10.1. The second kappa shape index (κ2) is 6.88. The van der Waals surface area contributed by atoms with Crippen LogP contribution >= 0.6 is 0 Å². The number of aromatic nitrogens is 1. The van der Waals surface area contributed by atoms with Crippen LogP contribution in [-0.2, 0) is 6.61 Å². The molecule has 0 radical (unpaired) electrons. The van der Waals surface area contributed by atoms with Gasteiger partial charge in [0, 0.05) is 18.8 Å². The molecule has 1 N–H and O–H groups in total. The van der Waals surface area contributed by atoms with E-state index in [1.54, 1.807) is 20.2 Å². The number of anilines is 1. The molecule has 1 aromatic heterocycles. The Labute approximate surface area is 121 Å². The van der Waals surface area contributed by atoms with Crippen molar-refractivity contribution in [2.45, 2.75) is 13.0 Å². The molecule has 0 spiro atoms. The molecule has 0 atom stereocenters. The van der Waals surface area contributed by atoms with Crippen LogP contribution in [0.2, 0.25) is 0 Å². The van der Waals surface area contributed by atoms with Crippen LogP contribution in [0.4, 0.5) is 14.5 Å². The summed E-state index contributed by atoms with van der Waals surface area (Å²) in [6.07, 6.45) is -2.62. The van der Waals surface area contributed by atoms with Crippen molar-refractivity contribution in [3.05, 3.63) is 47.7 Å². The largest absolute Gasteiger partial charge is 0.496 e. The number of halogens is 2. The third-order valence-corrected chi connectivity index (χ3v) is 2.96. The number of nitrogens with zero attached hydrogens (tertiary/aromatic N) is 1. The van der Waals surface area contributed by atoms with Gasteiger partial charge >= 0.3 is 0 Å². The van der Waals surface area contributed by atoms with Gasteiger partial charge in [0.1, 0.15) is 18.1 Å². The molecule has 0 aliphatic carbocycles. The Hall–Kier alpha value is -2.37. The maximum atomic E-state index is 12.6. The number of rotatable bonds is 6. The van der Waals surface area contributed by atoms with Crippen molar-refractivity contribution in [1.29, 1.82) is 0 Å². The fraction of sp³-hybridized carbons (Fsp3) is 0.267. The van der Waals surface area contributed by atoms with Crippen molar-refractivity contribution in [2.75, 3.05) is 19.5 Å². The second-order valence-electron chi connectivity index (χ2n) is 4.23. The summed E-state index contributed by atoms with van der Waals surface area (Å²) in [6, 6.07) is 9.83. The van der Waals surface area contributed by atoms with Crippen molar-refractivity contribution in [2.24, 2.45) is 0 Å². The number of hydrogen-bond acceptors (Lipinski definition) is 4. The predicted molar refractivity (Wildman–Crippen MR) is 76.1 cm³/mol. The van der Waals surface area contributed by atoms with E-state index in [0.717, 1.165) is 11.3 Å². The quantitative estimate of drug-likeness (QED) is 0.883. The number of methoxy groups -OCH3 is 1. The van der Waals surface area contributed by atoms with E-state index in [9.17, 15) is 8.78 Å². The van der Waals surface area contributed by atoms with Gasteiger partial charge in [-0.2, -0.15) is 0 Å². The molecule has 0 fully saturated rings. The number of hydrogen-bond donors (Lipinski definition) is 1. The molecule has 2 aromatic rings. The first-order chi connectivity index (χ1) is 10.2. The fourth-order valence-corrected chi connectivity index (χ4v) is 1.92. The van der Waals surface area contributed by atoms with Crippen molar-refractivity contribution in [3.8, 4) is 11.6 Å². The lowest BCUT2D eigenvalue weighted by Crippen LogP contribution is -2.04. The van der Waals surface area contributed by atoms with E-state index in [2.05, 4.69) is 10.3 Å². The Morgan fingerprint density at radius 3 is 2.62 bits per heavy atom. The highest BCUT2D eigenvalue weighted by molar-refractivity contribution is 5.57. The van der Waals surface area contributed by atoms with E-state index in [1.807, 2.05) is 18.2 Å². The van der Waals surface area contributed by atoms with Crippen LogP contribution in [-0.4, -0.2) is 19.1 Å². The molecule has 6 heteroatoms. The molecular formula is C15H16F2N2O2. The summed E-state index contributed by atoms with van der Waals surface area (Å²) in [5.74, 6) is 0.813. The van der Waals surface area contributed by atoms with Gasteiger partial charge in [0.2, 0.25) is 5.88 Å². The number of ether oxygens (including phenoxy) is 2. The summed E-state index contributed by atoms with van der Waals surface area (Å²) < 4.78 is 36.0. The van der Waals surface area contributed by atoms with Crippen molar-refractivity contribution in [3.63, 3.8) is 0 Å². The van der Waals surface area contributed by atoms with Crippen LogP contribution in [0.5, 0.6) is 11.6 Å². The molecule has 4 nitrogen and oxygen atoms in total. The zero-order chi connectivity index (χ0) is 15.2. The molecular weight excluding hydrogens is 278 g/mol. The minimum Gasteiger partial charge on any atom is -0.496 e. The first kappa shape index (κ1) is 15.0. The average Bonchev–Trinajstić information content (AvgIpc) is 2.52. The SMILES string of the molecule is CNc1cccc(OC)c1COc1cccc(C(F)F)n1. The third-order valence-electron chi connectivity index (χ3n) is 2.96. The van der Waals surface area contributed by atoms with E-state index in [-0.39, 0.29) is 18.2 Å². The van der Waals surface area contributed by atoms with Gasteiger partial charge < -0.3 is 14.8 Å². The lowest BCUT2D eigenvalue weighted by Gasteiger charge is -2.14. The van der Waals surface area contributed by atoms with E-state index in [4.69, 9.17) is 9.47 Å². The van der Waals surface area contributed by atoms with Crippen LogP contribution in [0.3, 0.4) is 0 Å². The summed E-state index contributed by atoms with van der Waals surface area (Å²) in [4.78, 5) is 3.76. The Kier molecular flexibility index (Phi) is 4.92. The first-order valence-corrected chi connectivity index (χ1v) is 6.37. The summed E-state index contributed by atoms with van der Waals surface area (Å²) >= 11 is 0. The van der Waals surface area contributed by atoms with E-state index in [1.165, 1.54) is 12.1 Å². The van der Waals surface area contributed by atoms with Gasteiger partial charge in [-0.05, 0) is 18.2 Å². The Balaban J connectivity index is 2.18. The maximum Gasteiger partial charge on any atom is 0.280 e.